The second-order valence-corrected chi connectivity index (χ2v) is 49.5. The van der Waals surface area contributed by atoms with Crippen molar-refractivity contribution in [2.24, 2.45) is 0 Å². The number of nitrogens with zero attached hydrogens (tertiary/aromatic N) is 9. The predicted molar refractivity (Wildman–Crippen MR) is 556 cm³/mol. The average Bonchev–Trinajstić information content (AvgIpc) is 1.62. The predicted octanol–water partition coefficient (Wildman–Crippen LogP) is 20.2. The van der Waals surface area contributed by atoms with Gasteiger partial charge in [-0.2, -0.15) is 39.0 Å². The van der Waals surface area contributed by atoms with Crippen LogP contribution in [0.25, 0.3) is 59.7 Å². The lowest BCUT2D eigenvalue weighted by Gasteiger charge is -2.20. The molecule has 0 fully saturated rings. The normalized spacial score (nSPS) is 14.4. The third-order valence-electron chi connectivity index (χ3n) is 21.5. The number of aryl methyl sites for hydroxylation is 3. The molecule has 0 atom stereocenters. The van der Waals surface area contributed by atoms with Gasteiger partial charge in [0.15, 0.2) is 19.6 Å². The zero-order chi connectivity index (χ0) is 97.8. The smallest absolute Gasteiger partial charge is 0.265 e. The molecule has 0 saturated heterocycles. The van der Waals surface area contributed by atoms with Gasteiger partial charge in [-0.1, -0.05) is 223 Å². The number of unbranched alkanes of at least 4 members (excludes halogenated alkanes) is 4. The van der Waals surface area contributed by atoms with Gasteiger partial charge in [-0.3, -0.25) is 13.7 Å². The average molecular weight is 2250 g/mol. The number of benzene rings is 7. The second kappa shape index (κ2) is 53.8. The van der Waals surface area contributed by atoms with Crippen molar-refractivity contribution in [3.05, 3.63) is 182 Å². The van der Waals surface area contributed by atoms with E-state index in [0.29, 0.717) is 92.9 Å². The Bertz CT molecular complexity index is 6150. The summed E-state index contributed by atoms with van der Waals surface area (Å²) >= 11 is 35.3. The quantitative estimate of drug-likeness (QED) is 0.0182. The van der Waals surface area contributed by atoms with E-state index in [0.717, 1.165) is 112 Å². The molecule has 0 unspecified atom stereocenters. The van der Waals surface area contributed by atoms with E-state index in [4.69, 9.17) is 43.9 Å². The number of halogens is 5. The van der Waals surface area contributed by atoms with Crippen LogP contribution in [0.5, 0.6) is 0 Å². The van der Waals surface area contributed by atoms with Crippen molar-refractivity contribution in [1.29, 1.82) is 0 Å². The first-order valence-corrected chi connectivity index (χ1v) is 60.8. The van der Waals surface area contributed by atoms with Crippen LogP contribution in [0, 0.1) is 0 Å². The standard InChI is InChI=1S/C25H23ClN2O6S4.C23H24Br2N2O6S4.C23H24Cl2N2O6S4.3C6H15N/c26-18-8-10-21-20(15-18)27(11-3-13-37(29,30)31)23(35-21)16-24-28(12-4-14-38(32,33)34)25-19-6-2-1-5-17(19)7-9-22(25)36-24;2*24-16-5-7-20-18(13-16)26(9-1-3-11-36(28,29)30)22(34-20)15-23-27(10-2-4-12-37(31,32)33)19-14-17(25)6-8-21(19)35-23;3*1-4-7(5-2)6-3/h1-2,5-10,15-16H,3-4,11-14H2,(H-,29,30,31,32,33,34);2*5-8,13-15H,1-4,9-12H2,(H-,28,29,30,31,32,33);3*4-6H2,1-3H3. The molecule has 0 radical (unpaired) electrons. The number of rotatable bonds is 40. The van der Waals surface area contributed by atoms with Crippen molar-refractivity contribution in [2.75, 3.05) is 128 Å². The van der Waals surface area contributed by atoms with Crippen LogP contribution in [0.3, 0.4) is 0 Å². The van der Waals surface area contributed by atoms with Gasteiger partial charge in [-0.15, -0.1) is 0 Å². The molecule has 3 aliphatic rings. The molecular weight excluding hydrogens is 2130 g/mol. The highest BCUT2D eigenvalue weighted by atomic mass is 79.9. The summed E-state index contributed by atoms with van der Waals surface area (Å²) < 4.78 is 206. The lowest BCUT2D eigenvalue weighted by Crippen LogP contribution is -2.36. The van der Waals surface area contributed by atoms with Crippen LogP contribution < -0.4 is 28.4 Å². The Morgan fingerprint density at radius 3 is 1.11 bits per heavy atom. The molecule has 0 saturated carbocycles. The lowest BCUT2D eigenvalue weighted by atomic mass is 10.1. The number of hydrogen-bond donors (Lipinski definition) is 3. The molecule has 0 bridgehead atoms. The number of anilines is 3. The van der Waals surface area contributed by atoms with E-state index in [1.807, 2.05) is 138 Å². The van der Waals surface area contributed by atoms with E-state index in [-0.39, 0.29) is 48.7 Å². The molecule has 13 rings (SSSR count). The number of aromatic nitrogens is 3. The SMILES string of the molecule is CCN(CC)CC.CCN(CC)CC.CCN(CC)CC.O=S(=O)([O-])CCCCN1C(=Cc2sc3ccc(Br)cc3[n+]2CCCCS(=O)(=O)O)Sc2ccc(Br)cc21.O=S(=O)([O-])CCCCN1C(=Cc2sc3ccc(Cl)cc3[n+]2CCCCS(=O)(=O)O)Sc2ccc(Cl)cc21.O=S(=O)([O-])CCCN1C(=Cc2sc3ccc4ccccc4c3[n+]2CCCS(=O)(=O)O)Sc2ccc(Cl)cc21. The highest BCUT2D eigenvalue weighted by Gasteiger charge is 2.34. The summed E-state index contributed by atoms with van der Waals surface area (Å²) in [7, 11) is -25.0. The topological polar surface area (TPSA) is 366 Å². The summed E-state index contributed by atoms with van der Waals surface area (Å²) in [5, 5.41) is 9.32. The van der Waals surface area contributed by atoms with Gasteiger partial charge in [0.1, 0.15) is 14.1 Å². The first kappa shape index (κ1) is 114. The van der Waals surface area contributed by atoms with Crippen LogP contribution in [0.2, 0.25) is 15.1 Å². The van der Waals surface area contributed by atoms with Gasteiger partial charge >= 0.3 is 0 Å². The minimum Gasteiger partial charge on any atom is -0.748 e. The van der Waals surface area contributed by atoms with E-state index in [1.165, 1.54) is 70.7 Å². The number of thioether (sulfide) groups is 3. The first-order chi connectivity index (χ1) is 62.8. The van der Waals surface area contributed by atoms with Crippen LogP contribution in [0.15, 0.2) is 166 Å². The molecule has 732 valence electrons. The van der Waals surface area contributed by atoms with Crippen LogP contribution in [-0.4, -0.2) is 206 Å². The Balaban J connectivity index is 0.000000221. The molecule has 0 amide bonds. The van der Waals surface area contributed by atoms with E-state index in [2.05, 4.69) is 138 Å². The fourth-order valence-electron chi connectivity index (χ4n) is 14.6. The van der Waals surface area contributed by atoms with Gasteiger partial charge < -0.3 is 43.1 Å². The molecule has 27 nitrogen and oxygen atoms in total. The Labute approximate surface area is 841 Å². The second-order valence-electron chi connectivity index (χ2n) is 30.7. The van der Waals surface area contributed by atoms with Crippen molar-refractivity contribution in [2.45, 2.75) is 161 Å². The van der Waals surface area contributed by atoms with E-state index in [1.54, 1.807) is 63.6 Å². The molecule has 6 heterocycles. The van der Waals surface area contributed by atoms with Crippen molar-refractivity contribution in [1.82, 2.24) is 14.7 Å². The van der Waals surface area contributed by atoms with Crippen molar-refractivity contribution in [3.8, 4) is 0 Å². The van der Waals surface area contributed by atoms with Gasteiger partial charge in [0, 0.05) is 107 Å². The summed E-state index contributed by atoms with van der Waals surface area (Å²) in [6.07, 6.45) is 9.88. The Kier molecular flexibility index (Phi) is 45.9. The van der Waals surface area contributed by atoms with Gasteiger partial charge in [0.2, 0.25) is 16.6 Å². The highest BCUT2D eigenvalue weighted by Crippen LogP contribution is 2.51. The maximum Gasteiger partial charge on any atom is 0.265 e. The maximum atomic E-state index is 11.4. The Hall–Kier alpha value is -4.69. The maximum absolute atomic E-state index is 11.4. The van der Waals surface area contributed by atoms with Crippen molar-refractivity contribution >= 4 is 273 Å². The zero-order valence-electron chi connectivity index (χ0n) is 75.6. The summed E-state index contributed by atoms with van der Waals surface area (Å²) in [4.78, 5) is 16.3. The number of hydrogen-bond acceptors (Lipinski definition) is 27. The summed E-state index contributed by atoms with van der Waals surface area (Å²) in [6.45, 7) is 33.2. The summed E-state index contributed by atoms with van der Waals surface area (Å²) in [5.74, 6) is -2.19. The molecule has 3 aromatic heterocycles. The molecular formula is C89H116Br2Cl3N9O18S12. The number of thiazole rings is 3. The fraction of sp³-hybridized carbons (Fsp3) is 0.449. The number of fused-ring (bicyclic) bond motifs is 8. The third-order valence-corrected chi connectivity index (χ3v) is 34.7. The Morgan fingerprint density at radius 2 is 0.684 bits per heavy atom. The van der Waals surface area contributed by atoms with Crippen LogP contribution in [0.1, 0.15) is 142 Å². The molecule has 3 aliphatic heterocycles. The van der Waals surface area contributed by atoms with Gasteiger partial charge in [0.05, 0.1) is 103 Å². The molecule has 7 aromatic carbocycles. The third kappa shape index (κ3) is 37.0. The molecule has 0 spiro atoms. The fourth-order valence-corrected chi connectivity index (χ4v) is 25.9. The largest absolute Gasteiger partial charge is 0.748 e. The molecule has 133 heavy (non-hydrogen) atoms. The first-order valence-electron chi connectivity index (χ1n) is 43.6. The minimum atomic E-state index is -4.35. The van der Waals surface area contributed by atoms with Crippen molar-refractivity contribution in [3.63, 3.8) is 0 Å². The van der Waals surface area contributed by atoms with E-state index in [9.17, 15) is 68.7 Å². The Morgan fingerprint density at radius 1 is 0.361 bits per heavy atom. The molecule has 10 aromatic rings. The molecule has 0 aliphatic carbocycles. The molecule has 44 heteroatoms. The van der Waals surface area contributed by atoms with Crippen LogP contribution >= 0.6 is 136 Å². The van der Waals surface area contributed by atoms with Gasteiger partial charge in [-0.05, 0) is 200 Å². The van der Waals surface area contributed by atoms with Gasteiger partial charge in [0.25, 0.3) is 45.4 Å². The van der Waals surface area contributed by atoms with Gasteiger partial charge in [-0.25, -0.2) is 25.3 Å². The highest BCUT2D eigenvalue weighted by molar-refractivity contribution is 9.10. The van der Waals surface area contributed by atoms with Crippen LogP contribution in [-0.2, 0) is 80.3 Å². The zero-order valence-corrected chi connectivity index (χ0v) is 90.8. The monoisotopic (exact) mass is 2250 g/mol. The summed E-state index contributed by atoms with van der Waals surface area (Å²) in [5.41, 5.74) is 5.68. The van der Waals surface area contributed by atoms with Crippen molar-refractivity contribution < 1.29 is 91.5 Å². The summed E-state index contributed by atoms with van der Waals surface area (Å²) in [6, 6.07) is 40.9. The molecule has 3 N–H and O–H groups in total. The van der Waals surface area contributed by atoms with E-state index < -0.39 is 72.2 Å². The van der Waals surface area contributed by atoms with E-state index >= 15 is 0 Å². The lowest BCUT2D eigenvalue weighted by molar-refractivity contribution is -0.669. The minimum absolute atomic E-state index is 0.154. The van der Waals surface area contributed by atoms with Crippen LogP contribution in [0.4, 0.5) is 17.1 Å².